The lowest BCUT2D eigenvalue weighted by Crippen LogP contribution is -3.00. The van der Waals surface area contributed by atoms with Gasteiger partial charge in [-0.05, 0) is 90.2 Å². The van der Waals surface area contributed by atoms with Gasteiger partial charge in [0.15, 0.2) is 6.10 Å². The van der Waals surface area contributed by atoms with Gasteiger partial charge in [0.1, 0.15) is 24.7 Å². The molecule has 2 heterocycles. The summed E-state index contributed by atoms with van der Waals surface area (Å²) in [7, 11) is 12.7. The van der Waals surface area contributed by atoms with Crippen molar-refractivity contribution in [2.24, 2.45) is 0 Å². The molecule has 0 aliphatic carbocycles. The summed E-state index contributed by atoms with van der Waals surface area (Å²) in [5.74, 6) is -1.53. The normalized spacial score (nSPS) is 13.0. The van der Waals surface area contributed by atoms with E-state index in [1.807, 2.05) is 0 Å². The van der Waals surface area contributed by atoms with E-state index in [-0.39, 0.29) is 29.4 Å². The van der Waals surface area contributed by atoms with Crippen molar-refractivity contribution >= 4 is 53.0 Å². The first-order chi connectivity index (χ1) is 52.7. The number of epoxide rings is 1. The molecule has 0 spiro atoms. The fraction of sp³-hybridized carbons (Fsp3) is 0.796. The van der Waals surface area contributed by atoms with Crippen LogP contribution < -0.4 is 22.8 Å². The average Bonchev–Trinajstić information content (AvgIpc) is 1.59. The molecule has 0 aromatic heterocycles. The van der Waals surface area contributed by atoms with Crippen LogP contribution in [0.5, 0.6) is 0 Å². The zero-order chi connectivity index (χ0) is 80.1. The number of quaternary nitrogens is 2. The second kappa shape index (κ2) is 72.5. The van der Waals surface area contributed by atoms with Crippen molar-refractivity contribution in [1.29, 1.82) is 0 Å². The molecule has 0 bridgehead atoms. The lowest BCUT2D eigenvalue weighted by molar-refractivity contribution is -0.914. The number of cyclic esters (lactones) is 2. The second-order valence-corrected chi connectivity index (χ2v) is 33.8. The molecule has 0 saturated carbocycles. The van der Waals surface area contributed by atoms with Gasteiger partial charge >= 0.3 is 17.9 Å². The van der Waals surface area contributed by atoms with Crippen molar-refractivity contribution in [3.63, 3.8) is 0 Å². The number of carbonyl (C=O) groups excluding carboxylic acids is 7. The van der Waals surface area contributed by atoms with E-state index in [9.17, 15) is 38.7 Å². The molecule has 1 amide bonds. The summed E-state index contributed by atoms with van der Waals surface area (Å²) in [5.41, 5.74) is 0.551. The summed E-state index contributed by atoms with van der Waals surface area (Å²) in [6.45, 7) is 12.4. The number of carboxylic acid groups (broad SMARTS) is 1. The van der Waals surface area contributed by atoms with Crippen molar-refractivity contribution in [2.45, 2.75) is 386 Å². The zero-order valence-electron chi connectivity index (χ0n) is 71.9. The van der Waals surface area contributed by atoms with E-state index in [1.54, 1.807) is 36.4 Å². The molecule has 2 aliphatic heterocycles. The first kappa shape index (κ1) is 106. The van der Waals surface area contributed by atoms with E-state index < -0.39 is 30.0 Å². The van der Waals surface area contributed by atoms with Crippen molar-refractivity contribution < 1.29 is 74.3 Å². The third kappa shape index (κ3) is 64.1. The Labute approximate surface area is 684 Å². The number of ether oxygens (including phenoxy) is 3. The first-order valence-corrected chi connectivity index (χ1v) is 45.4. The molecule has 110 heavy (non-hydrogen) atoms. The number of aromatic carboxylic acids is 1. The summed E-state index contributed by atoms with van der Waals surface area (Å²) in [4.78, 5) is 86.4. The Kier molecular flexibility index (Phi) is 69.7. The Hall–Kier alpha value is -4.25. The largest absolute Gasteiger partial charge is 1.00 e. The number of carbonyl (C=O) groups is 7. The van der Waals surface area contributed by atoms with Crippen molar-refractivity contribution in [3.05, 3.63) is 70.8 Å². The molecule has 1 unspecified atom stereocenters. The van der Waals surface area contributed by atoms with Crippen LogP contribution in [0.15, 0.2) is 48.5 Å². The van der Waals surface area contributed by atoms with Crippen LogP contribution in [0.4, 0.5) is 0 Å². The maximum Gasteiger partial charge on any atom is 0.346 e. The maximum absolute atomic E-state index is 13.5. The number of carboxylic acids is 1. The van der Waals surface area contributed by atoms with Crippen LogP contribution in [-0.4, -0.2) is 161 Å². The number of hydrogen-bond acceptors (Lipinski definition) is 12. The predicted molar refractivity (Wildman–Crippen MR) is 453 cm³/mol. The number of unbranched alkanes of at least 4 members (excludes halogenated alkanes) is 44. The van der Waals surface area contributed by atoms with Gasteiger partial charge in [0.2, 0.25) is 5.91 Å². The Bertz CT molecular complexity index is 2500. The molecule has 2 aromatic carbocycles. The smallest absolute Gasteiger partial charge is 0.346 e. The molecule has 4 rings (SSSR count). The number of fused-ring (bicyclic) bond motifs is 1. The Morgan fingerprint density at radius 2 is 0.745 bits per heavy atom. The summed E-state index contributed by atoms with van der Waals surface area (Å²) >= 11 is 5.27. The second-order valence-electron chi connectivity index (χ2n) is 33.5. The average molecular weight is 1590 g/mol. The minimum atomic E-state index is -1.40. The minimum absolute atomic E-state index is 0. The van der Waals surface area contributed by atoms with E-state index in [1.165, 1.54) is 269 Å². The van der Waals surface area contributed by atoms with Crippen LogP contribution in [0.25, 0.3) is 0 Å². The number of esters is 3. The molecule has 1 fully saturated rings. The predicted octanol–water partition coefficient (Wildman–Crippen LogP) is 19.7. The van der Waals surface area contributed by atoms with Crippen molar-refractivity contribution in [3.8, 4) is 0 Å². The number of nitrogens with one attached hydrogen (secondary N) is 1. The number of hydrogen-bond donors (Lipinski definition) is 1. The molecule has 1 saturated heterocycles. The summed E-state index contributed by atoms with van der Waals surface area (Å²) in [5, 5.41) is 14.9. The number of ketones is 2. The third-order valence-electron chi connectivity index (χ3n) is 21.3. The fourth-order valence-electron chi connectivity index (χ4n) is 14.4. The molecular weight excluding hydrogens is 1420 g/mol. The van der Waals surface area contributed by atoms with Gasteiger partial charge in [-0.25, -0.2) is 14.4 Å². The van der Waals surface area contributed by atoms with Crippen LogP contribution in [-0.2, 0) is 28.6 Å². The highest BCUT2D eigenvalue weighted by Gasteiger charge is 2.33. The van der Waals surface area contributed by atoms with E-state index in [0.29, 0.717) is 88.8 Å². The molecule has 636 valence electrons. The topological polar surface area (TPSA) is 189 Å². The SMILES string of the molecule is CCCCCCCCCCCCCCCCCC(=O)CCCC[N+](C)(C)CC(C[N+](C)(C)CCCCC(=O)CCCCCCCCCCCCCCCCC)OC(=O)c1ccccc1C(=O)[O-].CCCCCCCCCCCCCCCCCC(=O)NCCCN(C)C.ClCC1CO1.O=C1OC(=O)c2ccccc21.[Cl-]. The molecule has 0 radical (unpaired) electrons. The van der Waals surface area contributed by atoms with Crippen LogP contribution >= 0.6 is 11.6 Å². The van der Waals surface area contributed by atoms with Gasteiger partial charge in [-0.3, -0.25) is 14.4 Å². The lowest BCUT2D eigenvalue weighted by atomic mass is 10.0. The van der Waals surface area contributed by atoms with Gasteiger partial charge < -0.3 is 55.7 Å². The minimum Gasteiger partial charge on any atom is -1.00 e. The van der Waals surface area contributed by atoms with Crippen LogP contribution in [0.1, 0.15) is 415 Å². The van der Waals surface area contributed by atoms with Gasteiger partial charge in [-0.2, -0.15) is 0 Å². The Morgan fingerprint density at radius 3 is 1.04 bits per heavy atom. The van der Waals surface area contributed by atoms with Crippen LogP contribution in [0.3, 0.4) is 0 Å². The van der Waals surface area contributed by atoms with Crippen molar-refractivity contribution in [2.75, 3.05) is 94.0 Å². The van der Waals surface area contributed by atoms with Crippen molar-refractivity contribution in [1.82, 2.24) is 10.2 Å². The highest BCUT2D eigenvalue weighted by Crippen LogP contribution is 2.23. The molecular formula is C93H164Cl2N4O11. The van der Waals surface area contributed by atoms with E-state index >= 15 is 0 Å². The quantitative estimate of drug-likeness (QED) is 0.0165. The number of rotatable bonds is 70. The van der Waals surface area contributed by atoms with E-state index in [0.717, 1.165) is 97.0 Å². The number of amides is 1. The zero-order valence-corrected chi connectivity index (χ0v) is 73.4. The number of benzene rings is 2. The van der Waals surface area contributed by atoms with Crippen LogP contribution in [0, 0.1) is 0 Å². The maximum atomic E-state index is 13.5. The summed E-state index contributed by atoms with van der Waals surface area (Å²) in [6, 6.07) is 12.6. The van der Waals surface area contributed by atoms with E-state index in [2.05, 4.69) is 78.0 Å². The fourth-order valence-corrected chi connectivity index (χ4v) is 14.6. The molecule has 2 aliphatic rings. The Balaban J connectivity index is 0.00000221. The molecule has 1 N–H and O–H groups in total. The van der Waals surface area contributed by atoms with Gasteiger partial charge in [-0.15, -0.1) is 11.6 Å². The third-order valence-corrected chi connectivity index (χ3v) is 21.7. The molecule has 2 aromatic rings. The number of likely N-dealkylation sites (N-methyl/N-ethyl adjacent to an activating group) is 2. The molecule has 1 atom stereocenters. The Morgan fingerprint density at radius 1 is 0.455 bits per heavy atom. The monoisotopic (exact) mass is 1580 g/mol. The first-order valence-electron chi connectivity index (χ1n) is 44.8. The number of halogens is 2. The highest BCUT2D eigenvalue weighted by molar-refractivity contribution is 6.18. The standard InChI is InChI=1S/C59H107N2O6.C23H48N2O.C8H4O3.C3H5ClO.ClH/c1-7-9-11-13-15-17-19-21-23-25-27-29-31-33-35-43-53(62)45-39-41-49-60(3,4)51-55(67-59(66)57-48-38-37-47-56(57)58(64)65)52-61(5,6)50-42-40-46-54(63)44-36-34-32-30-28-26-24-22-20-18-16-14-12-10-8-2;1-4-5-6-7-8-9-10-11-12-13-14-15-16-17-18-20-23(26)24-21-19-22-25(2)3;9-7-5-3-1-2-4-6(5)8(10)11-7;4-1-3-2-5-3;/h37-38,47-48,55H,7-36,39-46,49-52H2,1-6H3;4-22H2,1-3H3,(H,24,26);1-4H;3H,1-2H2;1H/q+1;;;;/p-1. The van der Waals surface area contributed by atoms with Gasteiger partial charge in [0.25, 0.3) is 0 Å². The highest BCUT2D eigenvalue weighted by atomic mass is 35.5. The number of alkyl halides is 1. The summed E-state index contributed by atoms with van der Waals surface area (Å²) < 4.78 is 16.5. The van der Waals surface area contributed by atoms with Gasteiger partial charge in [0.05, 0.1) is 82.5 Å². The molecule has 15 nitrogen and oxygen atoms in total. The lowest BCUT2D eigenvalue weighted by Gasteiger charge is -2.37. The summed E-state index contributed by atoms with van der Waals surface area (Å²) in [6.07, 6.45) is 68.0. The van der Waals surface area contributed by atoms with E-state index in [4.69, 9.17) is 21.1 Å². The van der Waals surface area contributed by atoms with Gasteiger partial charge in [0, 0.05) is 44.2 Å². The number of Topliss-reactive ketones (excluding diaryl/α,β-unsaturated/α-hetero) is 2. The van der Waals surface area contributed by atoms with Crippen LogP contribution in [0.2, 0.25) is 0 Å². The molecule has 17 heteroatoms. The van der Waals surface area contributed by atoms with Gasteiger partial charge in [-0.1, -0.05) is 321 Å². The number of nitrogens with zero attached hydrogens (tertiary/aromatic N) is 3.